The Kier molecular flexibility index (Phi) is 14.8. The van der Waals surface area contributed by atoms with E-state index >= 15 is 14.0 Å². The van der Waals surface area contributed by atoms with E-state index in [-0.39, 0.29) is 94.3 Å². The van der Waals surface area contributed by atoms with Gasteiger partial charge in [0, 0.05) is 73.4 Å². The SMILES string of the molecule is C=CC(=O)N1CC2C(=O)N(C)c3c(c4cc(Cl)c(-c5c(C)ccc6[nH]nc(N)c56)nc4n(-c4c(C)cc(/C=C\C(=O)N5CC6C(=O)N(C)c7c(c8cc(F)c(-c9c(C)ccc%10[nH]nc(N)c9%10)nc8n(-c8c(C)ccnc8C(C)C)c7=O)N6CC5C)nc4C(C)C)c3=O)N2CC1C. The molecule has 4 unspecified atom stereocenters. The van der Waals surface area contributed by atoms with Gasteiger partial charge in [0.05, 0.1) is 85.4 Å². The summed E-state index contributed by atoms with van der Waals surface area (Å²) in [6.07, 6.45) is 5.89. The van der Waals surface area contributed by atoms with Crippen molar-refractivity contribution in [3.8, 4) is 33.9 Å². The maximum absolute atomic E-state index is 17.5. The zero-order valence-electron chi connectivity index (χ0n) is 55.0. The first kappa shape index (κ1) is 62.6. The van der Waals surface area contributed by atoms with Crippen molar-refractivity contribution in [2.75, 3.05) is 71.3 Å². The highest BCUT2D eigenvalue weighted by molar-refractivity contribution is 6.34. The van der Waals surface area contributed by atoms with Crippen LogP contribution in [0.5, 0.6) is 0 Å². The lowest BCUT2D eigenvalue weighted by Gasteiger charge is -2.49. The van der Waals surface area contributed by atoms with Crippen molar-refractivity contribution in [1.82, 2.24) is 59.3 Å². The fraction of sp³-hybridized carbons (Fsp3) is 0.314. The van der Waals surface area contributed by atoms with Gasteiger partial charge in [-0.05, 0) is 124 Å². The minimum absolute atomic E-state index is 0.0177. The van der Waals surface area contributed by atoms with E-state index in [1.165, 1.54) is 44.2 Å². The number of carbonyl (C=O) groups excluding carboxylic acids is 4. The molecule has 96 heavy (non-hydrogen) atoms. The number of aryl methyl sites for hydroxylation is 4. The lowest BCUT2D eigenvalue weighted by molar-refractivity contribution is -0.132. The van der Waals surface area contributed by atoms with Crippen molar-refractivity contribution in [2.45, 2.75) is 105 Å². The normalized spacial score (nSPS) is 18.1. The first-order chi connectivity index (χ1) is 45.7. The molecule has 4 aliphatic rings. The maximum atomic E-state index is 17.5. The number of aromatic nitrogens is 10. The van der Waals surface area contributed by atoms with Crippen LogP contribution in [0.25, 0.3) is 83.8 Å². The Hall–Kier alpha value is -10.8. The van der Waals surface area contributed by atoms with Gasteiger partial charge < -0.3 is 40.9 Å². The zero-order chi connectivity index (χ0) is 68.3. The number of halogens is 2. The fourth-order valence-electron chi connectivity index (χ4n) is 14.9. The van der Waals surface area contributed by atoms with Gasteiger partial charge in [-0.15, -0.1) is 0 Å². The molecule has 12 heterocycles. The predicted molar refractivity (Wildman–Crippen MR) is 372 cm³/mol. The monoisotopic (exact) mass is 1310 g/mol. The summed E-state index contributed by atoms with van der Waals surface area (Å²) in [5.41, 5.74) is 20.5. The molecule has 4 atom stereocenters. The van der Waals surface area contributed by atoms with Crippen molar-refractivity contribution in [2.24, 2.45) is 0 Å². The number of nitrogens with zero attached hydrogens (tertiary/aromatic N) is 14. The van der Waals surface area contributed by atoms with Crippen LogP contribution < -0.4 is 42.2 Å². The molecule has 2 saturated heterocycles. The Labute approximate surface area is 554 Å². The highest BCUT2D eigenvalue weighted by Crippen LogP contribution is 2.48. The number of benzene rings is 2. The zero-order valence-corrected chi connectivity index (χ0v) is 55.8. The van der Waals surface area contributed by atoms with Crippen LogP contribution in [0.3, 0.4) is 0 Å². The number of rotatable bonds is 9. The molecule has 0 spiro atoms. The number of pyridine rings is 6. The third kappa shape index (κ3) is 9.27. The number of piperazine rings is 2. The minimum atomic E-state index is -1.02. The van der Waals surface area contributed by atoms with E-state index in [0.29, 0.717) is 101 Å². The third-order valence-electron chi connectivity index (χ3n) is 19.5. The Morgan fingerprint density at radius 1 is 0.625 bits per heavy atom. The summed E-state index contributed by atoms with van der Waals surface area (Å²) < 4.78 is 20.4. The second kappa shape index (κ2) is 22.7. The van der Waals surface area contributed by atoms with Crippen LogP contribution in [-0.2, 0) is 19.2 Å². The number of nitrogens with one attached hydrogen (secondary N) is 2. The number of aromatic amines is 2. The molecule has 2 aromatic carbocycles. The topological polar surface area (TPSA) is 293 Å². The number of nitrogen functional groups attached to an aromatic ring is 2. The molecular formula is C70H70ClFN18O6. The summed E-state index contributed by atoms with van der Waals surface area (Å²) in [6.45, 7) is 22.8. The van der Waals surface area contributed by atoms with Gasteiger partial charge in [-0.1, -0.05) is 58.0 Å². The molecule has 490 valence electrons. The van der Waals surface area contributed by atoms with Crippen molar-refractivity contribution < 1.29 is 23.6 Å². The van der Waals surface area contributed by atoms with Crippen molar-refractivity contribution in [3.05, 3.63) is 144 Å². The summed E-state index contributed by atoms with van der Waals surface area (Å²) in [6, 6.07) is 11.2. The van der Waals surface area contributed by atoms with Gasteiger partial charge in [-0.25, -0.2) is 14.4 Å². The lowest BCUT2D eigenvalue weighted by atomic mass is 9.96. The first-order valence-corrected chi connectivity index (χ1v) is 32.1. The summed E-state index contributed by atoms with van der Waals surface area (Å²) in [7, 11) is 3.06. The van der Waals surface area contributed by atoms with Gasteiger partial charge in [0.2, 0.25) is 11.8 Å². The number of carbonyl (C=O) groups is 4. The van der Waals surface area contributed by atoms with E-state index in [2.05, 4.69) is 27.0 Å². The molecule has 0 bridgehead atoms. The number of amides is 4. The Balaban J connectivity index is 0.866. The molecule has 24 nitrogen and oxygen atoms in total. The van der Waals surface area contributed by atoms with Gasteiger partial charge in [0.1, 0.15) is 40.6 Å². The molecule has 4 amide bonds. The minimum Gasteiger partial charge on any atom is -0.382 e. The predicted octanol–water partition coefficient (Wildman–Crippen LogP) is 9.06. The molecular weight excluding hydrogens is 1240 g/mol. The van der Waals surface area contributed by atoms with E-state index in [0.717, 1.165) is 5.56 Å². The van der Waals surface area contributed by atoms with Crippen LogP contribution in [0.15, 0.2) is 83.0 Å². The molecule has 2 fully saturated rings. The number of H-pyrrole nitrogens is 2. The summed E-state index contributed by atoms with van der Waals surface area (Å²) in [5.74, 6) is -2.46. The second-order valence-electron chi connectivity index (χ2n) is 26.2. The first-order valence-electron chi connectivity index (χ1n) is 31.8. The quantitative estimate of drug-likeness (QED) is 0.0980. The molecule has 14 rings (SSSR count). The largest absolute Gasteiger partial charge is 0.382 e. The Bertz CT molecular complexity index is 5280. The van der Waals surface area contributed by atoms with Gasteiger partial charge >= 0.3 is 0 Å². The highest BCUT2D eigenvalue weighted by Gasteiger charge is 2.48. The van der Waals surface area contributed by atoms with Crippen LogP contribution in [0.4, 0.5) is 38.8 Å². The molecule has 6 N–H and O–H groups in total. The van der Waals surface area contributed by atoms with Gasteiger partial charge in [-0.3, -0.25) is 58.1 Å². The van der Waals surface area contributed by atoms with Crippen LogP contribution in [-0.4, -0.2) is 147 Å². The van der Waals surface area contributed by atoms with Crippen LogP contribution in [0.2, 0.25) is 5.02 Å². The molecule has 8 aromatic heterocycles. The average Bonchev–Trinajstić information content (AvgIpc) is 0.839. The van der Waals surface area contributed by atoms with Crippen molar-refractivity contribution in [3.63, 3.8) is 0 Å². The Morgan fingerprint density at radius 2 is 1.11 bits per heavy atom. The number of nitrogens with two attached hydrogens (primary N) is 2. The second-order valence-corrected chi connectivity index (χ2v) is 26.7. The van der Waals surface area contributed by atoms with Crippen molar-refractivity contribution >= 4 is 120 Å². The molecule has 4 aliphatic heterocycles. The summed E-state index contributed by atoms with van der Waals surface area (Å²) >= 11 is 7.41. The maximum Gasteiger partial charge on any atom is 0.283 e. The molecule has 10 aromatic rings. The van der Waals surface area contributed by atoms with Crippen LogP contribution in [0.1, 0.15) is 92.7 Å². The van der Waals surface area contributed by atoms with Gasteiger partial charge in [-0.2, -0.15) is 10.2 Å². The smallest absolute Gasteiger partial charge is 0.283 e. The third-order valence-corrected chi connectivity index (χ3v) is 19.8. The van der Waals surface area contributed by atoms with E-state index in [4.69, 9.17) is 43.0 Å². The fourth-order valence-corrected chi connectivity index (χ4v) is 15.1. The lowest BCUT2D eigenvalue weighted by Crippen LogP contribution is -2.66. The molecule has 0 saturated carbocycles. The molecule has 0 radical (unpaired) electrons. The van der Waals surface area contributed by atoms with E-state index in [1.807, 2.05) is 92.3 Å². The molecule has 0 aliphatic carbocycles. The standard InChI is InChI=1S/C70H70ClFN18O6/c1-14-47(91)85-28-45-67(93)83(12)61-59(87(45)26-36(85)10)39-24-41(71)55(49-32(6)15-18-43-51(49)63(73)81-79-43)77-65(39)90(70(61)96)58-35(9)23-38(76-54(58)31(4)5)17-20-48(92)86-29-46-68(94)84(13)62-60(88(46)27-37(86)11)40-25-42(72)56(50-33(7)16-19-44-52(50)64(74)82-80-44)78-66(40)89(69(62)95)57-34(8)21-22-75-53(57)30(2)3/h14-25,30-31,36-37,45-46H,1,26-29H2,2-13H3,(H3,73,79,81)(H3,74,80,82)/b20-17-. The number of anilines is 6. The summed E-state index contributed by atoms with van der Waals surface area (Å²) in [4.78, 5) is 119. The number of hydrogen-bond acceptors (Lipinski definition) is 16. The summed E-state index contributed by atoms with van der Waals surface area (Å²) in [5, 5.41) is 16.4. The van der Waals surface area contributed by atoms with E-state index in [9.17, 15) is 19.2 Å². The van der Waals surface area contributed by atoms with Crippen molar-refractivity contribution in [1.29, 1.82) is 0 Å². The van der Waals surface area contributed by atoms with Crippen LogP contribution in [0, 0.1) is 33.5 Å². The number of hydrogen-bond donors (Lipinski definition) is 4. The molecule has 26 heteroatoms. The highest BCUT2D eigenvalue weighted by atomic mass is 35.5. The average molecular weight is 1310 g/mol. The van der Waals surface area contributed by atoms with Crippen LogP contribution >= 0.6 is 11.6 Å². The number of fused-ring (bicyclic) bond motifs is 12. The Morgan fingerprint density at radius 3 is 1.64 bits per heavy atom. The van der Waals surface area contributed by atoms with E-state index < -0.39 is 58.8 Å². The number of likely N-dealkylation sites (N-methyl/N-ethyl adjacent to an activating group) is 2. The van der Waals surface area contributed by atoms with Gasteiger partial charge in [0.25, 0.3) is 22.9 Å². The van der Waals surface area contributed by atoms with Gasteiger partial charge in [0.15, 0.2) is 17.3 Å². The van der Waals surface area contributed by atoms with E-state index in [1.54, 1.807) is 58.3 Å².